The molecule has 1 aliphatic heterocycles. The largest absolute Gasteiger partial charge is 0.300 e. The Bertz CT molecular complexity index is 245. The Morgan fingerprint density at radius 2 is 1.53 bits per heavy atom. The third-order valence-corrected chi connectivity index (χ3v) is 5.15. The summed E-state index contributed by atoms with van der Waals surface area (Å²) in [6.07, 6.45) is 2.90. The molecule has 0 atom stereocenters. The zero-order valence-electron chi connectivity index (χ0n) is 11.4. The van der Waals surface area contributed by atoms with Gasteiger partial charge in [-0.1, -0.05) is 27.7 Å². The second-order valence-corrected chi connectivity index (χ2v) is 7.66. The maximum Gasteiger partial charge on any atom is 0.00536 e. The molecule has 88 valence electrons. The predicted molar refractivity (Wildman–Crippen MR) is 65.9 cm³/mol. The molecule has 1 saturated carbocycles. The average Bonchev–Trinajstić information content (AvgIpc) is 1.90. The van der Waals surface area contributed by atoms with Crippen LogP contribution >= 0.6 is 0 Å². The van der Waals surface area contributed by atoms with Crippen molar-refractivity contribution in [1.82, 2.24) is 4.90 Å². The molecule has 0 radical (unpaired) electrons. The van der Waals surface area contributed by atoms with Crippen LogP contribution in [0.1, 0.15) is 54.4 Å². The number of rotatable bonds is 1. The highest BCUT2D eigenvalue weighted by Gasteiger charge is 2.61. The zero-order chi connectivity index (χ0) is 11.5. The quantitative estimate of drug-likeness (QED) is 0.638. The molecule has 0 unspecified atom stereocenters. The fourth-order valence-corrected chi connectivity index (χ4v) is 3.54. The highest BCUT2D eigenvalue weighted by molar-refractivity contribution is 5.12. The third-order valence-electron chi connectivity index (χ3n) is 5.15. The first-order chi connectivity index (χ1) is 6.68. The lowest BCUT2D eigenvalue weighted by molar-refractivity contribution is -0.182. The summed E-state index contributed by atoms with van der Waals surface area (Å²) in [5.74, 6) is 0. The lowest BCUT2D eigenvalue weighted by atomic mass is 9.43. The van der Waals surface area contributed by atoms with Gasteiger partial charge in [0.25, 0.3) is 0 Å². The molecular weight excluding hydrogens is 182 g/mol. The molecule has 1 spiro atoms. The molecule has 1 nitrogen and oxygen atoms in total. The Morgan fingerprint density at radius 3 is 1.87 bits per heavy atom. The topological polar surface area (TPSA) is 3.24 Å². The summed E-state index contributed by atoms with van der Waals surface area (Å²) >= 11 is 0. The van der Waals surface area contributed by atoms with E-state index >= 15 is 0 Å². The molecular formula is C14H27N. The van der Waals surface area contributed by atoms with Crippen LogP contribution in [0, 0.1) is 16.2 Å². The van der Waals surface area contributed by atoms with E-state index in [1.165, 1.54) is 25.9 Å². The maximum absolute atomic E-state index is 2.61. The van der Waals surface area contributed by atoms with Crippen molar-refractivity contribution in [3.05, 3.63) is 0 Å². The molecule has 2 rings (SSSR count). The molecule has 0 aromatic rings. The van der Waals surface area contributed by atoms with Gasteiger partial charge in [-0.3, -0.25) is 4.90 Å². The van der Waals surface area contributed by atoms with Gasteiger partial charge in [0.2, 0.25) is 0 Å². The maximum atomic E-state index is 2.61. The van der Waals surface area contributed by atoms with Gasteiger partial charge in [0.15, 0.2) is 0 Å². The van der Waals surface area contributed by atoms with Crippen LogP contribution < -0.4 is 0 Å². The van der Waals surface area contributed by atoms with E-state index in [0.29, 0.717) is 16.2 Å². The fraction of sp³-hybridized carbons (Fsp3) is 1.00. The van der Waals surface area contributed by atoms with Crippen LogP contribution in [0.3, 0.4) is 0 Å². The summed E-state index contributed by atoms with van der Waals surface area (Å²) in [5.41, 5.74) is 1.79. The second kappa shape index (κ2) is 3.00. The van der Waals surface area contributed by atoms with Crippen LogP contribution in [0.25, 0.3) is 0 Å². The molecule has 0 aromatic carbocycles. The number of likely N-dealkylation sites (tertiary alicyclic amines) is 1. The Morgan fingerprint density at radius 1 is 1.07 bits per heavy atom. The Balaban J connectivity index is 1.90. The van der Waals surface area contributed by atoms with Crippen molar-refractivity contribution >= 4 is 0 Å². The van der Waals surface area contributed by atoms with E-state index in [0.717, 1.165) is 6.04 Å². The third kappa shape index (κ3) is 1.63. The van der Waals surface area contributed by atoms with Gasteiger partial charge in [0.1, 0.15) is 0 Å². The van der Waals surface area contributed by atoms with Gasteiger partial charge in [-0.25, -0.2) is 0 Å². The zero-order valence-corrected chi connectivity index (χ0v) is 11.4. The standard InChI is InChI=1S/C14H27N/c1-11(2)15-9-14(10-15)7-13(6,8-14)12(3,4)5/h11H,7-10H2,1-6H3. The normalized spacial score (nSPS) is 29.0. The summed E-state index contributed by atoms with van der Waals surface area (Å²) in [6, 6.07) is 0.747. The molecule has 1 saturated heterocycles. The summed E-state index contributed by atoms with van der Waals surface area (Å²) < 4.78 is 0. The van der Waals surface area contributed by atoms with Crippen LogP contribution in [0.4, 0.5) is 0 Å². The predicted octanol–water partition coefficient (Wildman–Crippen LogP) is 3.54. The monoisotopic (exact) mass is 209 g/mol. The van der Waals surface area contributed by atoms with Gasteiger partial charge in [-0.2, -0.15) is 0 Å². The van der Waals surface area contributed by atoms with Crippen LogP contribution in [0.5, 0.6) is 0 Å². The molecule has 0 aromatic heterocycles. The molecule has 1 heteroatoms. The van der Waals surface area contributed by atoms with E-state index in [1.807, 2.05) is 0 Å². The van der Waals surface area contributed by atoms with Crippen molar-refractivity contribution in [3.63, 3.8) is 0 Å². The molecule has 0 N–H and O–H groups in total. The Labute approximate surface area is 95.2 Å². The van der Waals surface area contributed by atoms with E-state index in [-0.39, 0.29) is 0 Å². The minimum Gasteiger partial charge on any atom is -0.300 e. The summed E-state index contributed by atoms with van der Waals surface area (Å²) in [4.78, 5) is 2.61. The van der Waals surface area contributed by atoms with Gasteiger partial charge in [0, 0.05) is 19.1 Å². The first-order valence-electron chi connectivity index (χ1n) is 6.42. The van der Waals surface area contributed by atoms with Crippen LogP contribution in [0.2, 0.25) is 0 Å². The minimum absolute atomic E-state index is 0.483. The lowest BCUT2D eigenvalue weighted by Gasteiger charge is -2.68. The van der Waals surface area contributed by atoms with Crippen molar-refractivity contribution in [2.24, 2.45) is 16.2 Å². The molecule has 15 heavy (non-hydrogen) atoms. The first-order valence-corrected chi connectivity index (χ1v) is 6.42. The van der Waals surface area contributed by atoms with Crippen molar-refractivity contribution in [2.75, 3.05) is 13.1 Å². The van der Waals surface area contributed by atoms with Crippen LogP contribution in [-0.2, 0) is 0 Å². The van der Waals surface area contributed by atoms with E-state index < -0.39 is 0 Å². The van der Waals surface area contributed by atoms with Crippen molar-refractivity contribution in [3.8, 4) is 0 Å². The minimum atomic E-state index is 0.483. The van der Waals surface area contributed by atoms with Gasteiger partial charge < -0.3 is 0 Å². The smallest absolute Gasteiger partial charge is 0.00536 e. The molecule has 1 aliphatic carbocycles. The van der Waals surface area contributed by atoms with Crippen molar-refractivity contribution < 1.29 is 0 Å². The summed E-state index contributed by atoms with van der Waals surface area (Å²) in [7, 11) is 0. The SMILES string of the molecule is CC(C)N1CC2(C1)CC(C)(C(C)(C)C)C2. The van der Waals surface area contributed by atoms with E-state index in [1.54, 1.807) is 0 Å². The molecule has 1 heterocycles. The average molecular weight is 209 g/mol. The van der Waals surface area contributed by atoms with Crippen molar-refractivity contribution in [2.45, 2.75) is 60.4 Å². The first kappa shape index (κ1) is 11.4. The summed E-state index contributed by atoms with van der Waals surface area (Å²) in [5, 5.41) is 0. The molecule has 0 amide bonds. The second-order valence-electron chi connectivity index (χ2n) is 7.66. The van der Waals surface area contributed by atoms with E-state index in [2.05, 4.69) is 46.4 Å². The van der Waals surface area contributed by atoms with Crippen molar-refractivity contribution in [1.29, 1.82) is 0 Å². The van der Waals surface area contributed by atoms with Gasteiger partial charge in [-0.05, 0) is 42.9 Å². The number of hydrogen-bond donors (Lipinski definition) is 0. The summed E-state index contributed by atoms with van der Waals surface area (Å²) in [6.45, 7) is 17.0. The van der Waals surface area contributed by atoms with E-state index in [4.69, 9.17) is 0 Å². The van der Waals surface area contributed by atoms with Gasteiger partial charge in [-0.15, -0.1) is 0 Å². The van der Waals surface area contributed by atoms with Crippen LogP contribution in [-0.4, -0.2) is 24.0 Å². The Hall–Kier alpha value is -0.0400. The molecule has 2 fully saturated rings. The molecule has 0 bridgehead atoms. The van der Waals surface area contributed by atoms with Gasteiger partial charge >= 0.3 is 0 Å². The molecule has 2 aliphatic rings. The highest BCUT2D eigenvalue weighted by atomic mass is 15.2. The van der Waals surface area contributed by atoms with E-state index in [9.17, 15) is 0 Å². The van der Waals surface area contributed by atoms with Crippen LogP contribution in [0.15, 0.2) is 0 Å². The lowest BCUT2D eigenvalue weighted by Crippen LogP contribution is -2.68. The fourth-order valence-electron chi connectivity index (χ4n) is 3.54. The number of hydrogen-bond acceptors (Lipinski definition) is 1. The van der Waals surface area contributed by atoms with Gasteiger partial charge in [0.05, 0.1) is 0 Å². The number of nitrogens with zero attached hydrogens (tertiary/aromatic N) is 1. The highest BCUT2D eigenvalue weighted by Crippen LogP contribution is 2.65. The Kier molecular flexibility index (Phi) is 2.29.